The Morgan fingerprint density at radius 1 is 1.30 bits per heavy atom. The van der Waals surface area contributed by atoms with Crippen molar-refractivity contribution in [2.45, 2.75) is 29.8 Å². The topological polar surface area (TPSA) is 98.3 Å². The molecule has 3 rings (SSSR count). The van der Waals surface area contributed by atoms with Crippen LogP contribution in [-0.4, -0.2) is 29.7 Å². The van der Waals surface area contributed by atoms with Gasteiger partial charge in [0.05, 0.1) is 17.7 Å². The SMILES string of the molecule is CC(C)c1nn(C)c(Sc2ncnc3nc[nH]c23)c1N. The summed E-state index contributed by atoms with van der Waals surface area (Å²) in [5.74, 6) is 0.285. The first kappa shape index (κ1) is 12.9. The smallest absolute Gasteiger partial charge is 0.181 e. The van der Waals surface area contributed by atoms with Gasteiger partial charge in [0.2, 0.25) is 0 Å². The Bertz CT molecular complexity index is 758. The van der Waals surface area contributed by atoms with E-state index < -0.39 is 0 Å². The van der Waals surface area contributed by atoms with Crippen LogP contribution in [0.25, 0.3) is 11.2 Å². The lowest BCUT2D eigenvalue weighted by Gasteiger charge is -2.03. The van der Waals surface area contributed by atoms with E-state index >= 15 is 0 Å². The predicted octanol–water partition coefficient (Wildman–Crippen LogP) is 1.94. The second kappa shape index (κ2) is 4.78. The molecule has 3 aromatic heterocycles. The van der Waals surface area contributed by atoms with Crippen LogP contribution in [0.15, 0.2) is 22.7 Å². The summed E-state index contributed by atoms with van der Waals surface area (Å²) in [7, 11) is 1.88. The van der Waals surface area contributed by atoms with Crippen molar-refractivity contribution in [1.82, 2.24) is 29.7 Å². The van der Waals surface area contributed by atoms with Crippen molar-refractivity contribution in [2.75, 3.05) is 5.73 Å². The molecule has 0 saturated carbocycles. The minimum atomic E-state index is 0.285. The minimum Gasteiger partial charge on any atom is -0.395 e. The first-order chi connectivity index (χ1) is 9.58. The Labute approximate surface area is 120 Å². The maximum absolute atomic E-state index is 6.20. The van der Waals surface area contributed by atoms with Gasteiger partial charge in [0.1, 0.15) is 21.9 Å². The second-order valence-electron chi connectivity index (χ2n) is 4.76. The lowest BCUT2D eigenvalue weighted by atomic mass is 10.1. The van der Waals surface area contributed by atoms with Crippen LogP contribution in [0, 0.1) is 0 Å². The highest BCUT2D eigenvalue weighted by Crippen LogP contribution is 2.36. The van der Waals surface area contributed by atoms with E-state index in [2.05, 4.69) is 38.9 Å². The van der Waals surface area contributed by atoms with E-state index in [1.54, 1.807) is 11.0 Å². The summed E-state index contributed by atoms with van der Waals surface area (Å²) in [6.07, 6.45) is 3.11. The number of nitrogen functional groups attached to an aromatic ring is 1. The molecule has 0 fully saturated rings. The van der Waals surface area contributed by atoms with E-state index in [-0.39, 0.29) is 5.92 Å². The fourth-order valence-corrected chi connectivity index (χ4v) is 2.93. The Kier molecular flexibility index (Phi) is 3.09. The van der Waals surface area contributed by atoms with Gasteiger partial charge in [-0.05, 0) is 17.7 Å². The number of aryl methyl sites for hydroxylation is 1. The van der Waals surface area contributed by atoms with Crippen molar-refractivity contribution < 1.29 is 0 Å². The molecule has 0 aliphatic carbocycles. The molecule has 3 N–H and O–H groups in total. The summed E-state index contributed by atoms with van der Waals surface area (Å²) in [6.45, 7) is 4.15. The Morgan fingerprint density at radius 2 is 2.10 bits per heavy atom. The van der Waals surface area contributed by atoms with Crippen LogP contribution >= 0.6 is 11.8 Å². The van der Waals surface area contributed by atoms with Gasteiger partial charge in [-0.3, -0.25) is 4.68 Å². The number of rotatable bonds is 3. The zero-order valence-corrected chi connectivity index (χ0v) is 12.3. The van der Waals surface area contributed by atoms with Gasteiger partial charge in [0.15, 0.2) is 5.65 Å². The molecule has 0 spiro atoms. The molecule has 20 heavy (non-hydrogen) atoms. The van der Waals surface area contributed by atoms with Crippen LogP contribution in [0.1, 0.15) is 25.5 Å². The third-order valence-corrected chi connectivity index (χ3v) is 4.17. The molecule has 0 amide bonds. The number of hydrogen-bond donors (Lipinski definition) is 2. The molecule has 3 aromatic rings. The fraction of sp³-hybridized carbons (Fsp3) is 0.333. The van der Waals surface area contributed by atoms with Gasteiger partial charge in [0, 0.05) is 7.05 Å². The Morgan fingerprint density at radius 3 is 2.80 bits per heavy atom. The molecule has 0 radical (unpaired) electrons. The van der Waals surface area contributed by atoms with Crippen molar-refractivity contribution in [3.8, 4) is 0 Å². The van der Waals surface area contributed by atoms with Crippen LogP contribution in [-0.2, 0) is 7.05 Å². The molecule has 7 nitrogen and oxygen atoms in total. The van der Waals surface area contributed by atoms with Gasteiger partial charge in [0.25, 0.3) is 0 Å². The number of aromatic amines is 1. The lowest BCUT2D eigenvalue weighted by Crippen LogP contribution is -1.95. The number of anilines is 1. The largest absolute Gasteiger partial charge is 0.395 e. The van der Waals surface area contributed by atoms with Crippen LogP contribution in [0.2, 0.25) is 0 Å². The maximum atomic E-state index is 6.20. The summed E-state index contributed by atoms with van der Waals surface area (Å²) >= 11 is 1.47. The van der Waals surface area contributed by atoms with Crippen molar-refractivity contribution in [3.63, 3.8) is 0 Å². The molecule has 104 valence electrons. The molecule has 0 aromatic carbocycles. The molecule has 0 atom stereocenters. The zero-order chi connectivity index (χ0) is 14.3. The molecule has 0 aliphatic rings. The highest BCUT2D eigenvalue weighted by Gasteiger charge is 2.18. The maximum Gasteiger partial charge on any atom is 0.181 e. The number of fused-ring (bicyclic) bond motifs is 1. The number of hydrogen-bond acceptors (Lipinski definition) is 6. The second-order valence-corrected chi connectivity index (χ2v) is 5.74. The highest BCUT2D eigenvalue weighted by atomic mass is 32.2. The van der Waals surface area contributed by atoms with Gasteiger partial charge in [-0.1, -0.05) is 13.8 Å². The van der Waals surface area contributed by atoms with Crippen molar-refractivity contribution >= 4 is 28.6 Å². The number of aromatic nitrogens is 6. The number of imidazole rings is 1. The van der Waals surface area contributed by atoms with Gasteiger partial charge < -0.3 is 10.7 Å². The first-order valence-corrected chi connectivity index (χ1v) is 7.04. The third kappa shape index (κ3) is 2.01. The summed E-state index contributed by atoms with van der Waals surface area (Å²) in [6, 6.07) is 0. The number of nitrogens with one attached hydrogen (secondary N) is 1. The van der Waals surface area contributed by atoms with Crippen molar-refractivity contribution in [2.24, 2.45) is 7.05 Å². The van der Waals surface area contributed by atoms with E-state index in [9.17, 15) is 0 Å². The van der Waals surface area contributed by atoms with Gasteiger partial charge in [-0.15, -0.1) is 0 Å². The van der Waals surface area contributed by atoms with Crippen molar-refractivity contribution in [1.29, 1.82) is 0 Å². The molecular weight excluding hydrogens is 274 g/mol. The van der Waals surface area contributed by atoms with Gasteiger partial charge >= 0.3 is 0 Å². The third-order valence-electron chi connectivity index (χ3n) is 2.99. The number of nitrogens with two attached hydrogens (primary N) is 1. The minimum absolute atomic E-state index is 0.285. The van der Waals surface area contributed by atoms with Crippen LogP contribution < -0.4 is 5.73 Å². The number of nitrogens with zero attached hydrogens (tertiary/aromatic N) is 5. The highest BCUT2D eigenvalue weighted by molar-refractivity contribution is 7.99. The average molecular weight is 289 g/mol. The Hall–Kier alpha value is -2.09. The number of H-pyrrole nitrogens is 1. The normalized spacial score (nSPS) is 11.6. The predicted molar refractivity (Wildman–Crippen MR) is 77.5 cm³/mol. The molecular formula is C12H15N7S. The fourth-order valence-electron chi connectivity index (χ4n) is 2.00. The zero-order valence-electron chi connectivity index (χ0n) is 11.5. The molecule has 0 saturated heterocycles. The van der Waals surface area contributed by atoms with Crippen LogP contribution in [0.3, 0.4) is 0 Å². The van der Waals surface area contributed by atoms with Gasteiger partial charge in [-0.2, -0.15) is 5.10 Å². The summed E-state index contributed by atoms with van der Waals surface area (Å²) in [4.78, 5) is 15.6. The molecule has 0 unspecified atom stereocenters. The van der Waals surface area contributed by atoms with Gasteiger partial charge in [-0.25, -0.2) is 15.0 Å². The van der Waals surface area contributed by atoms with E-state index in [1.165, 1.54) is 18.1 Å². The quantitative estimate of drug-likeness (QED) is 0.715. The van der Waals surface area contributed by atoms with Crippen LogP contribution in [0.4, 0.5) is 5.69 Å². The van der Waals surface area contributed by atoms with Crippen LogP contribution in [0.5, 0.6) is 0 Å². The molecule has 3 heterocycles. The Balaban J connectivity index is 2.05. The average Bonchev–Trinajstić information content (AvgIpc) is 2.98. The molecule has 0 bridgehead atoms. The summed E-state index contributed by atoms with van der Waals surface area (Å²) in [5, 5.41) is 6.14. The molecule has 8 heteroatoms. The van der Waals surface area contributed by atoms with E-state index in [4.69, 9.17) is 5.73 Å². The summed E-state index contributed by atoms with van der Waals surface area (Å²) in [5.41, 5.74) is 9.27. The van der Waals surface area contributed by atoms with E-state index in [1.807, 2.05) is 7.05 Å². The lowest BCUT2D eigenvalue weighted by molar-refractivity contribution is 0.670. The van der Waals surface area contributed by atoms with Crippen molar-refractivity contribution in [3.05, 3.63) is 18.3 Å². The first-order valence-electron chi connectivity index (χ1n) is 6.22. The summed E-state index contributed by atoms with van der Waals surface area (Å²) < 4.78 is 1.79. The standard InChI is InChI=1S/C12H15N7S/c1-6(2)8-7(13)12(19(3)18-8)20-11-9-10(15-4-14-9)16-5-17-11/h4-6H,13H2,1-3H3,(H,14,15,16,17). The van der Waals surface area contributed by atoms with E-state index in [0.717, 1.165) is 21.3 Å². The van der Waals surface area contributed by atoms with E-state index in [0.29, 0.717) is 11.3 Å². The monoisotopic (exact) mass is 289 g/mol. The molecule has 0 aliphatic heterocycles.